The molecule has 2 heteroatoms. The van der Waals surface area contributed by atoms with Gasteiger partial charge in [0.15, 0.2) is 0 Å². The van der Waals surface area contributed by atoms with Crippen LogP contribution in [0.25, 0.3) is 10.2 Å². The predicted octanol–water partition coefficient (Wildman–Crippen LogP) is 3.53. The molecule has 0 spiro atoms. The summed E-state index contributed by atoms with van der Waals surface area (Å²) in [6.45, 7) is 8.71. The number of aromatic nitrogens is 1. The van der Waals surface area contributed by atoms with Crippen LogP contribution in [0.4, 0.5) is 0 Å². The Morgan fingerprint density at radius 2 is 1.54 bits per heavy atom. The van der Waals surface area contributed by atoms with Crippen LogP contribution in [0.3, 0.4) is 0 Å². The van der Waals surface area contributed by atoms with Crippen molar-refractivity contribution in [1.29, 1.82) is 0 Å². The molecular weight excluding hydrogens is 178 g/mol. The van der Waals surface area contributed by atoms with Crippen molar-refractivity contribution >= 4 is 21.6 Å². The van der Waals surface area contributed by atoms with Crippen LogP contribution in [-0.4, -0.2) is 4.98 Å². The van der Waals surface area contributed by atoms with Crippen molar-refractivity contribution in [2.45, 2.75) is 27.7 Å². The molecule has 0 N–H and O–H groups in total. The summed E-state index contributed by atoms with van der Waals surface area (Å²) in [4.78, 5) is 4.40. The van der Waals surface area contributed by atoms with E-state index in [9.17, 15) is 0 Å². The van der Waals surface area contributed by atoms with Gasteiger partial charge < -0.3 is 0 Å². The summed E-state index contributed by atoms with van der Waals surface area (Å²) in [5.41, 5.74) is 8.64. The Balaban J connectivity index is 3.02. The van der Waals surface area contributed by atoms with Crippen LogP contribution < -0.4 is 0 Å². The normalized spacial score (nSPS) is 11.1. The number of nitrogens with zero attached hydrogens (tertiary/aromatic N) is 1. The SMILES string of the molecule is Cc1c(C)c(C)c2scnc2c1C. The average molecular weight is 191 g/mol. The van der Waals surface area contributed by atoms with E-state index in [2.05, 4.69) is 32.7 Å². The summed E-state index contributed by atoms with van der Waals surface area (Å²) in [7, 11) is 0. The third-order valence-corrected chi connectivity index (χ3v) is 3.90. The highest BCUT2D eigenvalue weighted by Crippen LogP contribution is 2.30. The molecule has 0 amide bonds. The standard InChI is InChI=1S/C11H13NS/c1-6-7(2)9(4)11-10(8(6)3)12-5-13-11/h5H,1-4H3. The van der Waals surface area contributed by atoms with E-state index in [1.807, 2.05) is 5.51 Å². The largest absolute Gasteiger partial charge is 0.244 e. The second-order valence-electron chi connectivity index (χ2n) is 3.53. The van der Waals surface area contributed by atoms with Gasteiger partial charge in [0.05, 0.1) is 15.7 Å². The van der Waals surface area contributed by atoms with Gasteiger partial charge in [-0.15, -0.1) is 11.3 Å². The first kappa shape index (κ1) is 8.70. The number of hydrogen-bond donors (Lipinski definition) is 0. The van der Waals surface area contributed by atoms with Crippen LogP contribution in [0.15, 0.2) is 5.51 Å². The van der Waals surface area contributed by atoms with Crippen LogP contribution in [0.5, 0.6) is 0 Å². The van der Waals surface area contributed by atoms with Gasteiger partial charge in [0.25, 0.3) is 0 Å². The van der Waals surface area contributed by atoms with Gasteiger partial charge in [-0.3, -0.25) is 0 Å². The fraction of sp³-hybridized carbons (Fsp3) is 0.364. The molecule has 0 radical (unpaired) electrons. The molecule has 1 nitrogen and oxygen atoms in total. The third-order valence-electron chi connectivity index (χ3n) is 2.95. The molecule has 0 fully saturated rings. The summed E-state index contributed by atoms with van der Waals surface area (Å²) in [5, 5.41) is 0. The van der Waals surface area contributed by atoms with Gasteiger partial charge in [0.2, 0.25) is 0 Å². The Morgan fingerprint density at radius 1 is 0.923 bits per heavy atom. The van der Waals surface area contributed by atoms with Gasteiger partial charge in [0.1, 0.15) is 0 Å². The molecule has 1 aromatic heterocycles. The smallest absolute Gasteiger partial charge is 0.0846 e. The monoisotopic (exact) mass is 191 g/mol. The molecule has 2 rings (SSSR count). The summed E-state index contributed by atoms with van der Waals surface area (Å²) >= 11 is 1.74. The van der Waals surface area contributed by atoms with Gasteiger partial charge in [-0.2, -0.15) is 0 Å². The molecule has 1 aromatic carbocycles. The first-order valence-corrected chi connectivity index (χ1v) is 5.30. The van der Waals surface area contributed by atoms with Crippen LogP contribution in [0, 0.1) is 27.7 Å². The molecule has 2 aromatic rings. The van der Waals surface area contributed by atoms with E-state index in [4.69, 9.17) is 0 Å². The molecule has 0 saturated heterocycles. The van der Waals surface area contributed by atoms with E-state index in [1.165, 1.54) is 32.5 Å². The number of benzene rings is 1. The lowest BCUT2D eigenvalue weighted by Gasteiger charge is -2.09. The molecule has 0 bridgehead atoms. The Morgan fingerprint density at radius 3 is 2.23 bits per heavy atom. The highest BCUT2D eigenvalue weighted by Gasteiger charge is 2.10. The first-order chi connectivity index (χ1) is 6.13. The maximum absolute atomic E-state index is 4.40. The van der Waals surface area contributed by atoms with E-state index < -0.39 is 0 Å². The molecule has 68 valence electrons. The molecule has 13 heavy (non-hydrogen) atoms. The number of fused-ring (bicyclic) bond motifs is 1. The van der Waals surface area contributed by atoms with Gasteiger partial charge in [0, 0.05) is 0 Å². The van der Waals surface area contributed by atoms with Gasteiger partial charge in [-0.05, 0) is 49.9 Å². The van der Waals surface area contributed by atoms with Gasteiger partial charge in [-0.1, -0.05) is 0 Å². The topological polar surface area (TPSA) is 12.9 Å². The molecule has 0 aliphatic heterocycles. The maximum Gasteiger partial charge on any atom is 0.0846 e. The lowest BCUT2D eigenvalue weighted by molar-refractivity contribution is 1.24. The number of rotatable bonds is 0. The molecule has 0 aliphatic rings. The van der Waals surface area contributed by atoms with Crippen LogP contribution >= 0.6 is 11.3 Å². The van der Waals surface area contributed by atoms with Gasteiger partial charge >= 0.3 is 0 Å². The fourth-order valence-electron chi connectivity index (χ4n) is 1.69. The zero-order valence-corrected chi connectivity index (χ0v) is 9.25. The van der Waals surface area contributed by atoms with Crippen LogP contribution in [0.1, 0.15) is 22.3 Å². The van der Waals surface area contributed by atoms with Gasteiger partial charge in [-0.25, -0.2) is 4.98 Å². The van der Waals surface area contributed by atoms with Crippen molar-refractivity contribution in [3.05, 3.63) is 27.8 Å². The van der Waals surface area contributed by atoms with E-state index in [0.29, 0.717) is 0 Å². The second-order valence-corrected chi connectivity index (χ2v) is 4.38. The maximum atomic E-state index is 4.40. The minimum absolute atomic E-state index is 1.19. The lowest BCUT2D eigenvalue weighted by atomic mass is 9.99. The van der Waals surface area contributed by atoms with Crippen molar-refractivity contribution in [3.63, 3.8) is 0 Å². The van der Waals surface area contributed by atoms with Crippen LogP contribution in [-0.2, 0) is 0 Å². The Kier molecular flexibility index (Phi) is 1.88. The van der Waals surface area contributed by atoms with E-state index in [1.54, 1.807) is 11.3 Å². The molecule has 0 aliphatic carbocycles. The average Bonchev–Trinajstić information content (AvgIpc) is 2.59. The minimum Gasteiger partial charge on any atom is -0.244 e. The summed E-state index contributed by atoms with van der Waals surface area (Å²) < 4.78 is 1.35. The van der Waals surface area contributed by atoms with E-state index in [-0.39, 0.29) is 0 Å². The molecule has 1 heterocycles. The number of thiazole rings is 1. The molecular formula is C11H13NS. The zero-order chi connectivity index (χ0) is 9.59. The van der Waals surface area contributed by atoms with Crippen molar-refractivity contribution in [3.8, 4) is 0 Å². The summed E-state index contributed by atoms with van der Waals surface area (Å²) in [6.07, 6.45) is 0. The third kappa shape index (κ3) is 1.09. The van der Waals surface area contributed by atoms with Crippen molar-refractivity contribution in [1.82, 2.24) is 4.98 Å². The lowest BCUT2D eigenvalue weighted by Crippen LogP contribution is -1.91. The highest BCUT2D eigenvalue weighted by atomic mass is 32.1. The molecule has 0 atom stereocenters. The summed E-state index contributed by atoms with van der Waals surface area (Å²) in [6, 6.07) is 0. The number of hydrogen-bond acceptors (Lipinski definition) is 2. The quantitative estimate of drug-likeness (QED) is 0.620. The summed E-state index contributed by atoms with van der Waals surface area (Å²) in [5.74, 6) is 0. The molecule has 0 unspecified atom stereocenters. The fourth-order valence-corrected chi connectivity index (χ4v) is 2.60. The zero-order valence-electron chi connectivity index (χ0n) is 8.43. The Labute approximate surface area is 82.4 Å². The minimum atomic E-state index is 1.19. The number of aryl methyl sites for hydroxylation is 2. The van der Waals surface area contributed by atoms with E-state index >= 15 is 0 Å². The highest BCUT2D eigenvalue weighted by molar-refractivity contribution is 7.17. The Hall–Kier alpha value is -0.890. The Bertz CT molecular complexity index is 426. The predicted molar refractivity (Wildman–Crippen MR) is 58.6 cm³/mol. The first-order valence-electron chi connectivity index (χ1n) is 4.42. The van der Waals surface area contributed by atoms with E-state index in [0.717, 1.165) is 0 Å². The van der Waals surface area contributed by atoms with Crippen molar-refractivity contribution < 1.29 is 0 Å². The van der Waals surface area contributed by atoms with Crippen molar-refractivity contribution in [2.24, 2.45) is 0 Å². The second kappa shape index (κ2) is 2.81. The van der Waals surface area contributed by atoms with Crippen LogP contribution in [0.2, 0.25) is 0 Å². The van der Waals surface area contributed by atoms with Crippen molar-refractivity contribution in [2.75, 3.05) is 0 Å². The molecule has 0 saturated carbocycles.